The van der Waals surface area contributed by atoms with Gasteiger partial charge in [0.1, 0.15) is 5.75 Å². The molecule has 1 aliphatic rings. The summed E-state index contributed by atoms with van der Waals surface area (Å²) in [6.07, 6.45) is -0.618. The smallest absolute Gasteiger partial charge is 0.416 e. The summed E-state index contributed by atoms with van der Waals surface area (Å²) in [5.41, 5.74) is 1.41. The summed E-state index contributed by atoms with van der Waals surface area (Å²) in [5.74, 6) is 0.254. The van der Waals surface area contributed by atoms with E-state index >= 15 is 0 Å². The van der Waals surface area contributed by atoms with E-state index in [9.17, 15) is 22.8 Å². The number of hydrogen-bond acceptors (Lipinski definition) is 6. The van der Waals surface area contributed by atoms with Crippen LogP contribution in [-0.4, -0.2) is 40.6 Å². The molecule has 40 heavy (non-hydrogen) atoms. The standard InChI is InChI=1S/C30H32F3N3O4/c1-5-39-28(38)29(3,4)40-24-13-6-19(16-18(24)2)14-15-34-27(37)23-17-35-26(36-25(23)20-7-8-20)21-9-11-22(12-10-21)30(31,32)33/h6,9-13,16-17,20H,5,7-8,14-15H2,1-4H3,(H,34,37). The third-order valence-electron chi connectivity index (χ3n) is 6.57. The van der Waals surface area contributed by atoms with E-state index in [-0.39, 0.29) is 24.3 Å². The Balaban J connectivity index is 1.39. The highest BCUT2D eigenvalue weighted by molar-refractivity contribution is 5.95. The Kier molecular flexibility index (Phi) is 8.46. The lowest BCUT2D eigenvalue weighted by Crippen LogP contribution is -2.39. The van der Waals surface area contributed by atoms with Gasteiger partial charge < -0.3 is 14.8 Å². The average molecular weight is 556 g/mol. The molecule has 7 nitrogen and oxygen atoms in total. The second kappa shape index (κ2) is 11.7. The van der Waals surface area contributed by atoms with Crippen LogP contribution >= 0.6 is 0 Å². The molecule has 1 aromatic heterocycles. The molecule has 1 saturated carbocycles. The van der Waals surface area contributed by atoms with Crippen molar-refractivity contribution in [3.63, 3.8) is 0 Å². The molecular weight excluding hydrogens is 523 g/mol. The summed E-state index contributed by atoms with van der Waals surface area (Å²) >= 11 is 0. The Hall–Kier alpha value is -3.95. The molecular formula is C30H32F3N3O4. The van der Waals surface area contributed by atoms with Crippen molar-refractivity contribution in [2.75, 3.05) is 13.2 Å². The van der Waals surface area contributed by atoms with E-state index in [1.807, 2.05) is 19.1 Å². The van der Waals surface area contributed by atoms with Gasteiger partial charge in [0.25, 0.3) is 5.91 Å². The highest BCUT2D eigenvalue weighted by atomic mass is 19.4. The summed E-state index contributed by atoms with van der Waals surface area (Å²) in [6.45, 7) is 7.58. The molecule has 1 heterocycles. The van der Waals surface area contributed by atoms with Gasteiger partial charge in [0.15, 0.2) is 11.4 Å². The molecule has 1 amide bonds. The van der Waals surface area contributed by atoms with Crippen molar-refractivity contribution in [1.29, 1.82) is 0 Å². The fraction of sp³-hybridized carbons (Fsp3) is 0.400. The number of rotatable bonds is 10. The van der Waals surface area contributed by atoms with E-state index in [1.165, 1.54) is 18.3 Å². The first-order valence-corrected chi connectivity index (χ1v) is 13.2. The maximum absolute atomic E-state index is 13.0. The van der Waals surface area contributed by atoms with Crippen LogP contribution in [0.25, 0.3) is 11.4 Å². The first-order chi connectivity index (χ1) is 18.9. The van der Waals surface area contributed by atoms with Crippen LogP contribution in [0.5, 0.6) is 5.75 Å². The number of nitrogens with zero attached hydrogens (tertiary/aromatic N) is 2. The largest absolute Gasteiger partial charge is 0.476 e. The monoisotopic (exact) mass is 555 g/mol. The molecule has 0 atom stereocenters. The number of benzene rings is 2. The van der Waals surface area contributed by atoms with Crippen LogP contribution in [0.4, 0.5) is 13.2 Å². The van der Waals surface area contributed by atoms with Crippen LogP contribution in [0, 0.1) is 6.92 Å². The molecule has 1 fully saturated rings. The number of amides is 1. The van der Waals surface area contributed by atoms with Crippen LogP contribution in [0.3, 0.4) is 0 Å². The molecule has 1 N–H and O–H groups in total. The van der Waals surface area contributed by atoms with Gasteiger partial charge in [0.2, 0.25) is 0 Å². The molecule has 0 bridgehead atoms. The van der Waals surface area contributed by atoms with E-state index < -0.39 is 23.3 Å². The first kappa shape index (κ1) is 29.0. The molecule has 4 rings (SSSR count). The van der Waals surface area contributed by atoms with Crippen molar-refractivity contribution in [3.8, 4) is 17.1 Å². The molecule has 1 aliphatic carbocycles. The van der Waals surface area contributed by atoms with Crippen LogP contribution in [0.1, 0.15) is 72.3 Å². The minimum atomic E-state index is -4.42. The predicted molar refractivity (Wildman–Crippen MR) is 143 cm³/mol. The lowest BCUT2D eigenvalue weighted by molar-refractivity contribution is -0.158. The van der Waals surface area contributed by atoms with Gasteiger partial charge in [0, 0.05) is 24.2 Å². The summed E-state index contributed by atoms with van der Waals surface area (Å²) in [6, 6.07) is 10.3. The number of aromatic nitrogens is 2. The van der Waals surface area contributed by atoms with Gasteiger partial charge in [-0.25, -0.2) is 14.8 Å². The summed E-state index contributed by atoms with van der Waals surface area (Å²) < 4.78 is 49.7. The minimum absolute atomic E-state index is 0.131. The second-order valence-corrected chi connectivity index (χ2v) is 10.3. The topological polar surface area (TPSA) is 90.4 Å². The Bertz CT molecular complexity index is 1380. The van der Waals surface area contributed by atoms with E-state index in [4.69, 9.17) is 9.47 Å². The third kappa shape index (κ3) is 6.97. The van der Waals surface area contributed by atoms with Gasteiger partial charge in [-0.3, -0.25) is 4.79 Å². The third-order valence-corrected chi connectivity index (χ3v) is 6.57. The van der Waals surface area contributed by atoms with Gasteiger partial charge >= 0.3 is 12.1 Å². The van der Waals surface area contributed by atoms with Crippen molar-refractivity contribution >= 4 is 11.9 Å². The Morgan fingerprint density at radius 1 is 1.07 bits per heavy atom. The van der Waals surface area contributed by atoms with Crippen LogP contribution < -0.4 is 10.1 Å². The first-order valence-electron chi connectivity index (χ1n) is 13.2. The van der Waals surface area contributed by atoms with Crippen LogP contribution in [0.15, 0.2) is 48.7 Å². The van der Waals surface area contributed by atoms with Gasteiger partial charge in [-0.2, -0.15) is 13.2 Å². The van der Waals surface area contributed by atoms with E-state index in [2.05, 4.69) is 15.3 Å². The quantitative estimate of drug-likeness (QED) is 0.307. The lowest BCUT2D eigenvalue weighted by atomic mass is 10.1. The van der Waals surface area contributed by atoms with Crippen molar-refractivity contribution in [3.05, 3.63) is 76.6 Å². The zero-order chi connectivity index (χ0) is 29.1. The molecule has 212 valence electrons. The van der Waals surface area contributed by atoms with Crippen molar-refractivity contribution in [2.45, 2.75) is 64.7 Å². The Morgan fingerprint density at radius 3 is 2.38 bits per heavy atom. The van der Waals surface area contributed by atoms with E-state index in [1.54, 1.807) is 26.8 Å². The van der Waals surface area contributed by atoms with Crippen LogP contribution in [-0.2, 0) is 22.1 Å². The number of hydrogen-bond donors (Lipinski definition) is 1. The number of esters is 1. The summed E-state index contributed by atoms with van der Waals surface area (Å²) in [7, 11) is 0. The predicted octanol–water partition coefficient (Wildman–Crippen LogP) is 6.04. The number of nitrogens with one attached hydrogen (secondary N) is 1. The highest BCUT2D eigenvalue weighted by Gasteiger charge is 2.33. The van der Waals surface area contributed by atoms with Crippen molar-refractivity contribution < 1.29 is 32.2 Å². The molecule has 3 aromatic rings. The number of ether oxygens (including phenoxy) is 2. The minimum Gasteiger partial charge on any atom is -0.476 e. The van der Waals surface area contributed by atoms with Gasteiger partial charge in [0.05, 0.1) is 23.4 Å². The number of alkyl halides is 3. The van der Waals surface area contributed by atoms with Crippen molar-refractivity contribution in [2.24, 2.45) is 0 Å². The normalized spacial score (nSPS) is 13.6. The SMILES string of the molecule is CCOC(=O)C(C)(C)Oc1ccc(CCNC(=O)c2cnc(-c3ccc(C(F)(F)F)cc3)nc2C2CC2)cc1C. The van der Waals surface area contributed by atoms with E-state index in [0.29, 0.717) is 35.5 Å². The summed E-state index contributed by atoms with van der Waals surface area (Å²) in [4.78, 5) is 34.0. The molecule has 0 unspecified atom stereocenters. The van der Waals surface area contributed by atoms with Gasteiger partial charge in [-0.1, -0.05) is 24.3 Å². The highest BCUT2D eigenvalue weighted by Crippen LogP contribution is 2.41. The zero-order valence-electron chi connectivity index (χ0n) is 22.9. The molecule has 0 aliphatic heterocycles. The average Bonchev–Trinajstić information content (AvgIpc) is 3.75. The molecule has 0 spiro atoms. The fourth-order valence-electron chi connectivity index (χ4n) is 4.20. The number of carbonyl (C=O) groups excluding carboxylic acids is 2. The Morgan fingerprint density at radius 2 is 1.77 bits per heavy atom. The van der Waals surface area contributed by atoms with Gasteiger partial charge in [-0.05, 0) is 76.3 Å². The van der Waals surface area contributed by atoms with E-state index in [0.717, 1.165) is 36.1 Å². The maximum Gasteiger partial charge on any atom is 0.416 e. The molecule has 10 heteroatoms. The summed E-state index contributed by atoms with van der Waals surface area (Å²) in [5, 5.41) is 2.92. The number of aryl methyl sites for hydroxylation is 1. The van der Waals surface area contributed by atoms with Crippen LogP contribution in [0.2, 0.25) is 0 Å². The zero-order valence-corrected chi connectivity index (χ0v) is 22.9. The number of halogens is 3. The second-order valence-electron chi connectivity index (χ2n) is 10.3. The maximum atomic E-state index is 13.0. The van der Waals surface area contributed by atoms with Gasteiger partial charge in [-0.15, -0.1) is 0 Å². The fourth-order valence-corrected chi connectivity index (χ4v) is 4.20. The number of carbonyl (C=O) groups is 2. The molecule has 0 radical (unpaired) electrons. The lowest BCUT2D eigenvalue weighted by Gasteiger charge is -2.25. The Labute approximate surface area is 231 Å². The molecule has 2 aromatic carbocycles. The van der Waals surface area contributed by atoms with Crippen molar-refractivity contribution in [1.82, 2.24) is 15.3 Å². The molecule has 0 saturated heterocycles.